The van der Waals surface area contributed by atoms with Crippen LogP contribution in [-0.2, 0) is 34.8 Å². The van der Waals surface area contributed by atoms with Gasteiger partial charge in [0.25, 0.3) is 5.91 Å². The molecule has 16 heteroatoms. The van der Waals surface area contributed by atoms with E-state index in [1.54, 1.807) is 20.8 Å². The molecule has 5 saturated carbocycles. The second-order valence-electron chi connectivity index (χ2n) is 24.7. The lowest BCUT2D eigenvalue weighted by atomic mass is 9.33. The van der Waals surface area contributed by atoms with Crippen LogP contribution in [0.5, 0.6) is 0 Å². The molecular formula is C55H73F3N4O9. The van der Waals surface area contributed by atoms with E-state index in [0.29, 0.717) is 18.8 Å². The molecule has 0 aliphatic heterocycles. The van der Waals surface area contributed by atoms with E-state index in [1.165, 1.54) is 18.2 Å². The van der Waals surface area contributed by atoms with Gasteiger partial charge in [-0.1, -0.05) is 74.4 Å². The van der Waals surface area contributed by atoms with Crippen molar-refractivity contribution in [2.45, 2.75) is 171 Å². The van der Waals surface area contributed by atoms with Crippen LogP contribution in [0, 0.1) is 62.6 Å². The molecule has 8 rings (SSSR count). The standard InChI is InChI=1S/C55H73F3N4O9/c1-13-70-47(69)62-36(27-35(61-62)30-14-16-31(17-15-30)55(56,57)58)43(64)59-50(8,9)46(68)60-54-25-24-52(11)32(42(54)41(29(2)3)37(63)28-54)18-19-39-51(10)22-21-40(49(6,7)38(51)20-23-53(39,52)12)71-45(67)34-26-33(44(65)66)48(34,4)5/h14-17,27,29,32-34,38-40H,13,18-26,28H2,1-12H3,(H,59,64)(H,60,68)(H,65,66)/t32-,33+,34-,38+,39-,40+,51+,52-,53-,54-/m1/s1. The first-order valence-electron chi connectivity index (χ1n) is 25.6. The number of halogens is 3. The van der Waals surface area contributed by atoms with Gasteiger partial charge in [-0.05, 0) is 153 Å². The topological polar surface area (TPSA) is 183 Å². The van der Waals surface area contributed by atoms with Gasteiger partial charge in [-0.25, -0.2) is 4.79 Å². The third-order valence-electron chi connectivity index (χ3n) is 19.7. The number of ether oxygens (including phenoxy) is 2. The summed E-state index contributed by atoms with van der Waals surface area (Å²) in [5.41, 5.74) is -3.14. The van der Waals surface area contributed by atoms with Gasteiger partial charge in [-0.2, -0.15) is 23.0 Å². The van der Waals surface area contributed by atoms with E-state index in [9.17, 15) is 47.0 Å². The summed E-state index contributed by atoms with van der Waals surface area (Å²) in [6.07, 6.45) is 1.08. The SMILES string of the molecule is CCOC(=O)n1nc(-c2ccc(C(F)(F)F)cc2)cc1C(=O)NC(C)(C)C(=O)N[C@@]12CC[C@]3(C)[C@H](CC[C@@H]4[C@@]5(C)CC[C@H](OC(=O)[C@H]6C[C@@H](C(=O)O)C6(C)C)C(C)(C)[C@@H]5CC[C@]43C)C1=C(C(C)C)C(=O)C2. The number of nitrogens with zero attached hydrogens (tertiary/aromatic N) is 2. The third kappa shape index (κ3) is 8.14. The Morgan fingerprint density at radius 1 is 0.859 bits per heavy atom. The summed E-state index contributed by atoms with van der Waals surface area (Å²) in [5, 5.41) is 20.1. The molecule has 6 aliphatic rings. The van der Waals surface area contributed by atoms with Crippen molar-refractivity contribution in [3.05, 3.63) is 52.7 Å². The summed E-state index contributed by atoms with van der Waals surface area (Å²) < 4.78 is 52.3. The van der Waals surface area contributed by atoms with Crippen molar-refractivity contribution < 1.29 is 56.5 Å². The largest absolute Gasteiger partial charge is 0.481 e. The molecule has 1 heterocycles. The molecule has 0 bridgehead atoms. The fourth-order valence-electron chi connectivity index (χ4n) is 15.5. The van der Waals surface area contributed by atoms with E-state index in [2.05, 4.69) is 50.4 Å². The molecule has 2 aromatic rings. The molecular weight excluding hydrogens is 918 g/mol. The first-order valence-corrected chi connectivity index (χ1v) is 25.6. The molecule has 0 spiro atoms. The molecule has 71 heavy (non-hydrogen) atoms. The summed E-state index contributed by atoms with van der Waals surface area (Å²) in [4.78, 5) is 82.0. The van der Waals surface area contributed by atoms with E-state index in [-0.39, 0.29) is 87.2 Å². The first kappa shape index (κ1) is 52.3. The van der Waals surface area contributed by atoms with Crippen molar-refractivity contribution in [3.63, 3.8) is 0 Å². The quantitative estimate of drug-likeness (QED) is 0.194. The number of carbonyl (C=O) groups is 6. The normalized spacial score (nSPS) is 33.9. The number of rotatable bonds is 10. The molecule has 13 nitrogen and oxygen atoms in total. The molecule has 5 fully saturated rings. The van der Waals surface area contributed by atoms with E-state index >= 15 is 0 Å². The number of Topliss-reactive ketones (excluding diaryl/α,β-unsaturated/α-hetero) is 1. The summed E-state index contributed by atoms with van der Waals surface area (Å²) in [6, 6.07) is 5.40. The van der Waals surface area contributed by atoms with Gasteiger partial charge in [-0.15, -0.1) is 0 Å². The predicted octanol–water partition coefficient (Wildman–Crippen LogP) is 10.6. The van der Waals surface area contributed by atoms with Gasteiger partial charge >= 0.3 is 24.2 Å². The Morgan fingerprint density at radius 3 is 2.11 bits per heavy atom. The number of carbonyl (C=O) groups excluding carboxylic acids is 5. The molecule has 388 valence electrons. The van der Waals surface area contributed by atoms with Crippen molar-refractivity contribution in [1.29, 1.82) is 0 Å². The number of alkyl halides is 3. The van der Waals surface area contributed by atoms with Crippen LogP contribution in [0.1, 0.15) is 163 Å². The van der Waals surface area contributed by atoms with Crippen molar-refractivity contribution in [1.82, 2.24) is 20.4 Å². The summed E-state index contributed by atoms with van der Waals surface area (Å²) in [7, 11) is 0. The van der Waals surface area contributed by atoms with Gasteiger partial charge in [0.15, 0.2) is 5.78 Å². The zero-order valence-electron chi connectivity index (χ0n) is 43.4. The van der Waals surface area contributed by atoms with E-state index < -0.39 is 63.9 Å². The van der Waals surface area contributed by atoms with E-state index in [0.717, 1.165) is 72.9 Å². The maximum absolute atomic E-state index is 14.8. The van der Waals surface area contributed by atoms with Crippen LogP contribution in [0.2, 0.25) is 0 Å². The van der Waals surface area contributed by atoms with Gasteiger partial charge in [0.2, 0.25) is 5.91 Å². The van der Waals surface area contributed by atoms with Crippen molar-refractivity contribution in [2.24, 2.45) is 62.6 Å². The van der Waals surface area contributed by atoms with Gasteiger partial charge in [0, 0.05) is 17.4 Å². The van der Waals surface area contributed by atoms with Gasteiger partial charge in [-0.3, -0.25) is 24.0 Å². The number of esters is 1. The maximum atomic E-state index is 14.8. The lowest BCUT2D eigenvalue weighted by Gasteiger charge is -2.72. The second-order valence-corrected chi connectivity index (χ2v) is 24.7. The zero-order valence-corrected chi connectivity index (χ0v) is 43.4. The number of allylic oxidation sites excluding steroid dienone is 1. The summed E-state index contributed by atoms with van der Waals surface area (Å²) in [6.45, 7) is 24.2. The molecule has 0 radical (unpaired) electrons. The number of fused-ring (bicyclic) bond motifs is 7. The molecule has 10 atom stereocenters. The van der Waals surface area contributed by atoms with Crippen LogP contribution >= 0.6 is 0 Å². The highest BCUT2D eigenvalue weighted by atomic mass is 19.4. The number of amides is 2. The summed E-state index contributed by atoms with van der Waals surface area (Å²) in [5.74, 6) is -3.05. The number of carboxylic acids is 1. The van der Waals surface area contributed by atoms with Crippen molar-refractivity contribution in [3.8, 4) is 11.3 Å². The Hall–Kier alpha value is -5.02. The smallest absolute Gasteiger partial charge is 0.435 e. The van der Waals surface area contributed by atoms with Gasteiger partial charge < -0.3 is 25.2 Å². The Morgan fingerprint density at radius 2 is 1.52 bits per heavy atom. The van der Waals surface area contributed by atoms with Gasteiger partial charge in [0.1, 0.15) is 17.3 Å². The van der Waals surface area contributed by atoms with E-state index in [1.807, 2.05) is 27.7 Å². The minimum absolute atomic E-state index is 0.00665. The first-order chi connectivity index (χ1) is 32.8. The molecule has 1 aromatic carbocycles. The fourth-order valence-corrected chi connectivity index (χ4v) is 15.5. The molecule has 6 aliphatic carbocycles. The van der Waals surface area contributed by atoms with Gasteiger partial charge in [0.05, 0.1) is 35.2 Å². The minimum Gasteiger partial charge on any atom is -0.481 e. The average Bonchev–Trinajstić information content (AvgIpc) is 3.84. The molecule has 0 unspecified atom stereocenters. The summed E-state index contributed by atoms with van der Waals surface area (Å²) >= 11 is 0. The second kappa shape index (κ2) is 17.3. The van der Waals surface area contributed by atoms with E-state index in [4.69, 9.17) is 9.47 Å². The highest BCUT2D eigenvalue weighted by Crippen LogP contribution is 2.76. The number of carboxylic acid groups (broad SMARTS) is 1. The number of aliphatic carboxylic acids is 1. The zero-order chi connectivity index (χ0) is 52.4. The number of hydrogen-bond donors (Lipinski definition) is 3. The number of aromatic nitrogens is 2. The van der Waals surface area contributed by atoms with Crippen molar-refractivity contribution >= 4 is 35.6 Å². The molecule has 3 N–H and O–H groups in total. The van der Waals surface area contributed by atoms with Crippen LogP contribution in [0.25, 0.3) is 11.3 Å². The minimum atomic E-state index is -4.57. The average molecular weight is 991 g/mol. The van der Waals surface area contributed by atoms with Crippen LogP contribution in [0.3, 0.4) is 0 Å². The Labute approximate surface area is 415 Å². The predicted molar refractivity (Wildman–Crippen MR) is 257 cm³/mol. The highest BCUT2D eigenvalue weighted by molar-refractivity contribution is 6.04. The van der Waals surface area contributed by atoms with Crippen LogP contribution in [-0.4, -0.2) is 74.3 Å². The highest BCUT2D eigenvalue weighted by Gasteiger charge is 2.71. The lowest BCUT2D eigenvalue weighted by Crippen LogP contribution is -2.68. The number of ketones is 1. The maximum Gasteiger partial charge on any atom is 0.435 e. The number of hydrogen-bond acceptors (Lipinski definition) is 9. The number of benzene rings is 1. The number of nitrogens with one attached hydrogen (secondary N) is 2. The Balaban J connectivity index is 1.03. The molecule has 2 amide bonds. The molecule has 0 saturated heterocycles. The van der Waals surface area contributed by atoms with Crippen LogP contribution in [0.4, 0.5) is 18.0 Å². The third-order valence-corrected chi connectivity index (χ3v) is 19.7. The van der Waals surface area contributed by atoms with Crippen LogP contribution in [0.15, 0.2) is 41.5 Å². The monoisotopic (exact) mass is 991 g/mol. The fraction of sp³-hybridized carbons (Fsp3) is 0.691. The van der Waals surface area contributed by atoms with Crippen LogP contribution < -0.4 is 10.6 Å². The molecule has 1 aromatic heterocycles. The Bertz CT molecular complexity index is 2580. The lowest BCUT2D eigenvalue weighted by molar-refractivity contribution is -0.235. The van der Waals surface area contributed by atoms with Crippen molar-refractivity contribution in [2.75, 3.05) is 6.61 Å². The Kier molecular flexibility index (Phi) is 12.7.